The van der Waals surface area contributed by atoms with Gasteiger partial charge in [0.25, 0.3) is 0 Å². The Balaban J connectivity index is 1.63. The predicted octanol–water partition coefficient (Wildman–Crippen LogP) is 4.59. The first-order valence-electron chi connectivity index (χ1n) is 10.0. The molecular weight excluding hydrogens is 348 g/mol. The van der Waals surface area contributed by atoms with Crippen LogP contribution in [0.5, 0.6) is 0 Å². The Labute approximate surface area is 165 Å². The summed E-state index contributed by atoms with van der Waals surface area (Å²) in [5.41, 5.74) is 3.42. The van der Waals surface area contributed by atoms with E-state index in [1.165, 1.54) is 25.7 Å². The summed E-state index contributed by atoms with van der Waals surface area (Å²) in [7, 11) is 1.99. The highest BCUT2D eigenvalue weighted by atomic mass is 15.1. The van der Waals surface area contributed by atoms with Crippen LogP contribution < -0.4 is 10.6 Å². The van der Waals surface area contributed by atoms with Crippen LogP contribution in [0.2, 0.25) is 0 Å². The van der Waals surface area contributed by atoms with Gasteiger partial charge in [-0.05, 0) is 31.0 Å². The molecule has 144 valence electrons. The SMILES string of the molecule is Cn1ccnc1CNc1ccc2ncc(C#N)c(NC3CCCCCC3)c2c1. The molecule has 0 atom stereocenters. The molecular formula is C22H26N6. The fraction of sp³-hybridized carbons (Fsp3) is 0.409. The van der Waals surface area contributed by atoms with Gasteiger partial charge < -0.3 is 15.2 Å². The molecule has 0 spiro atoms. The highest BCUT2D eigenvalue weighted by Gasteiger charge is 2.16. The highest BCUT2D eigenvalue weighted by Crippen LogP contribution is 2.31. The maximum atomic E-state index is 9.63. The van der Waals surface area contributed by atoms with Crippen LogP contribution in [0.1, 0.15) is 49.9 Å². The zero-order valence-electron chi connectivity index (χ0n) is 16.3. The molecule has 0 aliphatic heterocycles. The van der Waals surface area contributed by atoms with Crippen LogP contribution in [0.15, 0.2) is 36.8 Å². The molecule has 1 aliphatic carbocycles. The van der Waals surface area contributed by atoms with Crippen molar-refractivity contribution in [1.29, 1.82) is 5.26 Å². The molecule has 4 rings (SSSR count). The van der Waals surface area contributed by atoms with Crippen LogP contribution in [0.25, 0.3) is 10.9 Å². The Morgan fingerprint density at radius 2 is 2.00 bits per heavy atom. The van der Waals surface area contributed by atoms with Gasteiger partial charge in [-0.3, -0.25) is 4.98 Å². The van der Waals surface area contributed by atoms with Gasteiger partial charge in [0.1, 0.15) is 11.9 Å². The number of nitrogens with zero attached hydrogens (tertiary/aromatic N) is 4. The summed E-state index contributed by atoms with van der Waals surface area (Å²) in [4.78, 5) is 8.84. The molecule has 1 saturated carbocycles. The van der Waals surface area contributed by atoms with Crippen LogP contribution >= 0.6 is 0 Å². The summed E-state index contributed by atoms with van der Waals surface area (Å²) in [5, 5.41) is 17.7. The van der Waals surface area contributed by atoms with Gasteiger partial charge in [0.2, 0.25) is 0 Å². The Hall–Kier alpha value is -3.07. The molecule has 2 aromatic heterocycles. The van der Waals surface area contributed by atoms with E-state index < -0.39 is 0 Å². The smallest absolute Gasteiger partial charge is 0.127 e. The third kappa shape index (κ3) is 3.94. The van der Waals surface area contributed by atoms with Crippen molar-refractivity contribution in [2.45, 2.75) is 51.1 Å². The molecule has 3 aromatic rings. The first-order valence-corrected chi connectivity index (χ1v) is 10.0. The van der Waals surface area contributed by atoms with E-state index in [2.05, 4.69) is 32.7 Å². The summed E-state index contributed by atoms with van der Waals surface area (Å²) < 4.78 is 2.00. The van der Waals surface area contributed by atoms with Gasteiger partial charge in [0.15, 0.2) is 0 Å². The van der Waals surface area contributed by atoms with Crippen molar-refractivity contribution in [2.24, 2.45) is 7.05 Å². The molecule has 1 fully saturated rings. The lowest BCUT2D eigenvalue weighted by Gasteiger charge is -2.20. The molecule has 6 nitrogen and oxygen atoms in total. The van der Waals surface area contributed by atoms with Gasteiger partial charge in [-0.15, -0.1) is 0 Å². The number of nitrogens with one attached hydrogen (secondary N) is 2. The van der Waals surface area contributed by atoms with Crippen molar-refractivity contribution in [3.63, 3.8) is 0 Å². The first-order chi connectivity index (χ1) is 13.7. The van der Waals surface area contributed by atoms with E-state index in [1.54, 1.807) is 12.4 Å². The van der Waals surface area contributed by atoms with Crippen molar-refractivity contribution in [2.75, 3.05) is 10.6 Å². The summed E-state index contributed by atoms with van der Waals surface area (Å²) >= 11 is 0. The number of aryl methyl sites for hydroxylation is 1. The summed E-state index contributed by atoms with van der Waals surface area (Å²) in [5.74, 6) is 0.973. The van der Waals surface area contributed by atoms with Crippen LogP contribution in [0.4, 0.5) is 11.4 Å². The fourth-order valence-electron chi connectivity index (χ4n) is 3.92. The summed E-state index contributed by atoms with van der Waals surface area (Å²) in [6, 6.07) is 8.86. The lowest BCUT2D eigenvalue weighted by atomic mass is 10.0. The van der Waals surface area contributed by atoms with Crippen LogP contribution in [-0.4, -0.2) is 20.6 Å². The first kappa shape index (κ1) is 18.3. The molecule has 28 heavy (non-hydrogen) atoms. The molecule has 0 amide bonds. The number of rotatable bonds is 5. The molecule has 0 radical (unpaired) electrons. The fourth-order valence-corrected chi connectivity index (χ4v) is 3.92. The van der Waals surface area contributed by atoms with E-state index >= 15 is 0 Å². The second-order valence-electron chi connectivity index (χ2n) is 7.53. The van der Waals surface area contributed by atoms with E-state index in [4.69, 9.17) is 0 Å². The van der Waals surface area contributed by atoms with E-state index in [-0.39, 0.29) is 0 Å². The molecule has 2 N–H and O–H groups in total. The Morgan fingerprint density at radius 3 is 2.71 bits per heavy atom. The van der Waals surface area contributed by atoms with Gasteiger partial charge in [-0.1, -0.05) is 25.7 Å². The number of nitriles is 1. The second kappa shape index (κ2) is 8.30. The van der Waals surface area contributed by atoms with Crippen molar-refractivity contribution >= 4 is 22.3 Å². The van der Waals surface area contributed by atoms with Crippen molar-refractivity contribution in [3.8, 4) is 6.07 Å². The Bertz CT molecular complexity index is 992. The lowest BCUT2D eigenvalue weighted by molar-refractivity contribution is 0.620. The number of hydrogen-bond donors (Lipinski definition) is 2. The van der Waals surface area contributed by atoms with Gasteiger partial charge in [0, 0.05) is 42.8 Å². The van der Waals surface area contributed by atoms with Crippen molar-refractivity contribution < 1.29 is 0 Å². The predicted molar refractivity (Wildman–Crippen MR) is 112 cm³/mol. The highest BCUT2D eigenvalue weighted by molar-refractivity contribution is 5.96. The maximum Gasteiger partial charge on any atom is 0.127 e. The largest absolute Gasteiger partial charge is 0.381 e. The number of fused-ring (bicyclic) bond motifs is 1. The Kier molecular flexibility index (Phi) is 5.43. The van der Waals surface area contributed by atoms with Crippen molar-refractivity contribution in [1.82, 2.24) is 14.5 Å². The molecule has 0 bridgehead atoms. The average Bonchev–Trinajstić information content (AvgIpc) is 2.96. The summed E-state index contributed by atoms with van der Waals surface area (Å²) in [6.07, 6.45) is 12.9. The van der Waals surface area contributed by atoms with E-state index in [0.29, 0.717) is 18.2 Å². The monoisotopic (exact) mass is 374 g/mol. The van der Waals surface area contributed by atoms with E-state index in [1.807, 2.05) is 29.9 Å². The minimum absolute atomic E-state index is 0.421. The molecule has 1 aliphatic rings. The molecule has 6 heteroatoms. The van der Waals surface area contributed by atoms with Crippen LogP contribution in [0, 0.1) is 11.3 Å². The number of hydrogen-bond acceptors (Lipinski definition) is 5. The maximum absolute atomic E-state index is 9.63. The number of pyridine rings is 1. The van der Waals surface area contributed by atoms with E-state index in [0.717, 1.165) is 40.9 Å². The van der Waals surface area contributed by atoms with Gasteiger partial charge in [0.05, 0.1) is 23.3 Å². The number of aromatic nitrogens is 3. The molecule has 0 unspecified atom stereocenters. The van der Waals surface area contributed by atoms with E-state index in [9.17, 15) is 5.26 Å². The number of benzene rings is 1. The number of anilines is 2. The Morgan fingerprint density at radius 1 is 1.18 bits per heavy atom. The second-order valence-corrected chi connectivity index (χ2v) is 7.53. The molecule has 0 saturated heterocycles. The minimum Gasteiger partial charge on any atom is -0.381 e. The van der Waals surface area contributed by atoms with Gasteiger partial charge in [-0.2, -0.15) is 5.26 Å². The molecule has 2 heterocycles. The molecule has 1 aromatic carbocycles. The number of imidazole rings is 1. The van der Waals surface area contributed by atoms with Crippen LogP contribution in [0.3, 0.4) is 0 Å². The lowest BCUT2D eigenvalue weighted by Crippen LogP contribution is -2.19. The zero-order chi connectivity index (χ0) is 19.3. The van der Waals surface area contributed by atoms with Crippen molar-refractivity contribution in [3.05, 3.63) is 48.2 Å². The third-order valence-corrected chi connectivity index (χ3v) is 5.56. The zero-order valence-corrected chi connectivity index (χ0v) is 16.3. The van der Waals surface area contributed by atoms with Crippen LogP contribution in [-0.2, 0) is 13.6 Å². The average molecular weight is 374 g/mol. The van der Waals surface area contributed by atoms with Gasteiger partial charge >= 0.3 is 0 Å². The minimum atomic E-state index is 0.421. The quantitative estimate of drug-likeness (QED) is 0.639. The standard InChI is InChI=1S/C22H26N6/c1-28-11-10-24-21(28)15-25-18-8-9-20-19(12-18)22(16(13-23)14-26-20)27-17-6-4-2-3-5-7-17/h8-12,14,17,25H,2-7,15H2,1H3,(H,26,27). The summed E-state index contributed by atoms with van der Waals surface area (Å²) in [6.45, 7) is 0.645. The normalized spacial score (nSPS) is 15.1. The third-order valence-electron chi connectivity index (χ3n) is 5.56. The van der Waals surface area contributed by atoms with Gasteiger partial charge in [-0.25, -0.2) is 4.98 Å². The topological polar surface area (TPSA) is 78.6 Å².